The maximum Gasteiger partial charge on any atom is 0.254 e. The van der Waals surface area contributed by atoms with Gasteiger partial charge in [0.1, 0.15) is 17.2 Å². The van der Waals surface area contributed by atoms with Gasteiger partial charge in [-0.25, -0.2) is 15.0 Å². The average Bonchev–Trinajstić information content (AvgIpc) is 2.96. The van der Waals surface area contributed by atoms with Gasteiger partial charge in [0.05, 0.1) is 17.5 Å². The second kappa shape index (κ2) is 6.48. The lowest BCUT2D eigenvalue weighted by atomic mass is 10.0. The molecular weight excluding hydrogens is 308 g/mol. The molecule has 1 aliphatic rings. The van der Waals surface area contributed by atoms with Crippen molar-refractivity contribution < 1.29 is 9.90 Å². The van der Waals surface area contributed by atoms with E-state index >= 15 is 0 Å². The Hall–Kier alpha value is -2.61. The van der Waals surface area contributed by atoms with E-state index in [-0.39, 0.29) is 12.5 Å². The molecule has 2 aromatic heterocycles. The first-order chi connectivity index (χ1) is 11.5. The number of carbonyl (C=O) groups excluding carboxylic acids is 1. The number of rotatable bonds is 4. The summed E-state index contributed by atoms with van der Waals surface area (Å²) in [7, 11) is 0. The molecule has 126 valence electrons. The van der Waals surface area contributed by atoms with E-state index in [4.69, 9.17) is 0 Å². The Balaban J connectivity index is 1.61. The first-order valence-electron chi connectivity index (χ1n) is 7.79. The number of aryl methyl sites for hydroxylation is 2. The van der Waals surface area contributed by atoms with Crippen LogP contribution < -0.4 is 10.2 Å². The summed E-state index contributed by atoms with van der Waals surface area (Å²) in [6.07, 6.45) is 6.95. The number of carbonyl (C=O) groups is 1. The van der Waals surface area contributed by atoms with Crippen LogP contribution in [0.5, 0.6) is 0 Å². The molecule has 0 radical (unpaired) electrons. The van der Waals surface area contributed by atoms with E-state index in [2.05, 4.69) is 25.3 Å². The van der Waals surface area contributed by atoms with Gasteiger partial charge in [-0.3, -0.25) is 9.78 Å². The maximum atomic E-state index is 12.3. The first-order valence-corrected chi connectivity index (χ1v) is 7.79. The van der Waals surface area contributed by atoms with E-state index < -0.39 is 5.60 Å². The van der Waals surface area contributed by atoms with Crippen molar-refractivity contribution in [2.45, 2.75) is 25.9 Å². The number of aromatic nitrogens is 4. The van der Waals surface area contributed by atoms with Gasteiger partial charge in [-0.2, -0.15) is 0 Å². The highest BCUT2D eigenvalue weighted by Gasteiger charge is 2.37. The highest BCUT2D eigenvalue weighted by Crippen LogP contribution is 2.24. The van der Waals surface area contributed by atoms with Gasteiger partial charge in [-0.05, 0) is 20.3 Å². The third kappa shape index (κ3) is 3.48. The van der Waals surface area contributed by atoms with Crippen molar-refractivity contribution in [2.24, 2.45) is 0 Å². The zero-order valence-electron chi connectivity index (χ0n) is 13.7. The highest BCUT2D eigenvalue weighted by molar-refractivity contribution is 5.94. The van der Waals surface area contributed by atoms with Crippen LogP contribution in [0.4, 0.5) is 5.82 Å². The first kappa shape index (κ1) is 16.3. The minimum absolute atomic E-state index is 0.163. The lowest BCUT2D eigenvalue weighted by Crippen LogP contribution is -2.45. The number of nitrogens with zero attached hydrogens (tertiary/aromatic N) is 5. The molecule has 1 atom stereocenters. The fourth-order valence-corrected chi connectivity index (χ4v) is 2.80. The largest absolute Gasteiger partial charge is 0.386 e. The fourth-order valence-electron chi connectivity index (χ4n) is 2.80. The van der Waals surface area contributed by atoms with Crippen LogP contribution in [0.25, 0.3) is 0 Å². The number of nitrogens with one attached hydrogen (secondary N) is 1. The van der Waals surface area contributed by atoms with Gasteiger partial charge >= 0.3 is 0 Å². The smallest absolute Gasteiger partial charge is 0.254 e. The molecule has 2 aromatic rings. The number of hydrogen-bond acceptors (Lipinski definition) is 7. The summed E-state index contributed by atoms with van der Waals surface area (Å²) >= 11 is 0. The number of aliphatic hydroxyl groups is 1. The Morgan fingerprint density at radius 2 is 2.17 bits per heavy atom. The molecular formula is C16H20N6O2. The zero-order valence-corrected chi connectivity index (χ0v) is 13.7. The topological polar surface area (TPSA) is 104 Å². The van der Waals surface area contributed by atoms with Crippen LogP contribution in [-0.2, 0) is 0 Å². The Labute approximate surface area is 140 Å². The molecule has 0 bridgehead atoms. The third-order valence-corrected chi connectivity index (χ3v) is 4.13. The van der Waals surface area contributed by atoms with Gasteiger partial charge in [0, 0.05) is 38.2 Å². The Bertz CT molecular complexity index is 739. The average molecular weight is 328 g/mol. The third-order valence-electron chi connectivity index (χ3n) is 4.13. The summed E-state index contributed by atoms with van der Waals surface area (Å²) in [5, 5.41) is 13.5. The molecule has 24 heavy (non-hydrogen) atoms. The van der Waals surface area contributed by atoms with Gasteiger partial charge in [-0.1, -0.05) is 0 Å². The molecule has 1 fully saturated rings. The van der Waals surface area contributed by atoms with Crippen molar-refractivity contribution >= 4 is 11.7 Å². The van der Waals surface area contributed by atoms with Crippen LogP contribution in [0, 0.1) is 13.8 Å². The van der Waals surface area contributed by atoms with Crippen molar-refractivity contribution in [3.05, 3.63) is 41.9 Å². The zero-order chi connectivity index (χ0) is 17.2. The van der Waals surface area contributed by atoms with Crippen LogP contribution in [-0.4, -0.2) is 56.2 Å². The Morgan fingerprint density at radius 3 is 2.88 bits per heavy atom. The molecule has 0 aliphatic carbocycles. The molecule has 0 spiro atoms. The van der Waals surface area contributed by atoms with E-state index in [0.29, 0.717) is 36.6 Å². The van der Waals surface area contributed by atoms with E-state index in [1.165, 1.54) is 6.20 Å². The van der Waals surface area contributed by atoms with Crippen LogP contribution >= 0.6 is 0 Å². The molecule has 8 heteroatoms. The number of β-amino-alcohol motifs (C(OH)–C–C–N with tert-alkyl or cyclic N) is 1. The molecule has 8 nitrogen and oxygen atoms in total. The molecule has 3 heterocycles. The van der Waals surface area contributed by atoms with E-state index in [1.54, 1.807) is 32.4 Å². The monoisotopic (exact) mass is 328 g/mol. The molecule has 2 N–H and O–H groups in total. The Kier molecular flexibility index (Phi) is 4.39. The lowest BCUT2D eigenvalue weighted by molar-refractivity contribution is 0.0575. The van der Waals surface area contributed by atoms with Crippen LogP contribution in [0.2, 0.25) is 0 Å². The molecule has 0 aromatic carbocycles. The van der Waals surface area contributed by atoms with E-state index in [1.807, 2.05) is 4.90 Å². The summed E-state index contributed by atoms with van der Waals surface area (Å²) in [6.45, 7) is 4.77. The SMILES string of the molecule is Cc1ncc(C(=O)NCC2(O)CCN(c3cnccn3)C2)c(C)n1. The van der Waals surface area contributed by atoms with Gasteiger partial charge in [0.15, 0.2) is 0 Å². The Morgan fingerprint density at radius 1 is 1.33 bits per heavy atom. The molecule has 0 saturated carbocycles. The lowest BCUT2D eigenvalue weighted by Gasteiger charge is -2.24. The standard InChI is InChI=1S/C16H20N6O2/c1-11-13(7-19-12(2)21-11)15(23)20-9-16(24)3-6-22(10-16)14-8-17-4-5-18-14/h4-5,7-8,24H,3,6,9-10H2,1-2H3,(H,20,23). The number of hydrogen-bond donors (Lipinski definition) is 2. The quantitative estimate of drug-likeness (QED) is 0.829. The number of amides is 1. The molecule has 1 aliphatic heterocycles. The predicted molar refractivity (Wildman–Crippen MR) is 87.7 cm³/mol. The summed E-state index contributed by atoms with van der Waals surface area (Å²) in [5.74, 6) is 1.07. The highest BCUT2D eigenvalue weighted by atomic mass is 16.3. The van der Waals surface area contributed by atoms with Crippen LogP contribution in [0.1, 0.15) is 28.3 Å². The van der Waals surface area contributed by atoms with E-state index in [9.17, 15) is 9.90 Å². The van der Waals surface area contributed by atoms with E-state index in [0.717, 1.165) is 5.82 Å². The summed E-state index contributed by atoms with van der Waals surface area (Å²) in [5.41, 5.74) is 0.0553. The minimum Gasteiger partial charge on any atom is -0.386 e. The second-order valence-electron chi connectivity index (χ2n) is 6.06. The normalized spacial score (nSPS) is 20.2. The maximum absolute atomic E-state index is 12.3. The minimum atomic E-state index is -0.993. The van der Waals surface area contributed by atoms with Crippen molar-refractivity contribution in [2.75, 3.05) is 24.5 Å². The fraction of sp³-hybridized carbons (Fsp3) is 0.438. The predicted octanol–water partition coefficient (Wildman–Crippen LogP) is 0.255. The van der Waals surface area contributed by atoms with Crippen molar-refractivity contribution in [3.8, 4) is 0 Å². The van der Waals surface area contributed by atoms with Gasteiger partial charge < -0.3 is 15.3 Å². The molecule has 1 unspecified atom stereocenters. The number of anilines is 1. The summed E-state index contributed by atoms with van der Waals surface area (Å²) in [6, 6.07) is 0. The molecule has 1 amide bonds. The second-order valence-corrected chi connectivity index (χ2v) is 6.06. The summed E-state index contributed by atoms with van der Waals surface area (Å²) < 4.78 is 0. The van der Waals surface area contributed by atoms with Crippen molar-refractivity contribution in [1.29, 1.82) is 0 Å². The van der Waals surface area contributed by atoms with Crippen LogP contribution in [0.3, 0.4) is 0 Å². The van der Waals surface area contributed by atoms with Gasteiger partial charge in [-0.15, -0.1) is 0 Å². The van der Waals surface area contributed by atoms with Crippen molar-refractivity contribution in [3.63, 3.8) is 0 Å². The van der Waals surface area contributed by atoms with Crippen LogP contribution in [0.15, 0.2) is 24.8 Å². The summed E-state index contributed by atoms with van der Waals surface area (Å²) in [4.78, 5) is 30.8. The molecule has 1 saturated heterocycles. The molecule has 3 rings (SSSR count). The van der Waals surface area contributed by atoms with Gasteiger partial charge in [0.2, 0.25) is 0 Å². The van der Waals surface area contributed by atoms with Crippen molar-refractivity contribution in [1.82, 2.24) is 25.3 Å². The van der Waals surface area contributed by atoms with Gasteiger partial charge in [0.25, 0.3) is 5.91 Å².